The number of rotatable bonds is 9. The van der Waals surface area contributed by atoms with Crippen LogP contribution in [0.5, 0.6) is 11.5 Å². The van der Waals surface area contributed by atoms with Gasteiger partial charge in [0.1, 0.15) is 5.75 Å². The van der Waals surface area contributed by atoms with Crippen LogP contribution >= 0.6 is 0 Å². The number of hydrogen-bond acceptors (Lipinski definition) is 6. The third-order valence-corrected chi connectivity index (χ3v) is 4.49. The molecule has 2 N–H and O–H groups in total. The van der Waals surface area contributed by atoms with Crippen molar-refractivity contribution in [3.8, 4) is 11.5 Å². The van der Waals surface area contributed by atoms with E-state index in [9.17, 15) is 19.7 Å². The van der Waals surface area contributed by atoms with E-state index >= 15 is 0 Å². The minimum atomic E-state index is -1.07. The van der Waals surface area contributed by atoms with Crippen molar-refractivity contribution in [3.05, 3.63) is 64.2 Å². The smallest absolute Gasteiger partial charge is 0.310 e. The van der Waals surface area contributed by atoms with Crippen molar-refractivity contribution in [2.45, 2.75) is 39.2 Å². The van der Waals surface area contributed by atoms with Gasteiger partial charge in [0.15, 0.2) is 18.5 Å². The summed E-state index contributed by atoms with van der Waals surface area (Å²) in [4.78, 5) is 34.4. The molecule has 160 valence electrons. The average Bonchev–Trinajstić information content (AvgIpc) is 2.75. The molecule has 0 aliphatic rings. The maximum Gasteiger partial charge on any atom is 0.310 e. The van der Waals surface area contributed by atoms with Gasteiger partial charge >= 0.3 is 5.69 Å². The van der Waals surface area contributed by atoms with Crippen LogP contribution in [0.1, 0.15) is 38.7 Å². The van der Waals surface area contributed by atoms with Crippen LogP contribution in [0.2, 0.25) is 0 Å². The molecule has 2 amide bonds. The Hall–Kier alpha value is -3.62. The summed E-state index contributed by atoms with van der Waals surface area (Å²) in [6.45, 7) is 5.36. The molecule has 0 fully saturated rings. The number of para-hydroxylation sites is 2. The minimum Gasteiger partial charge on any atom is -0.484 e. The van der Waals surface area contributed by atoms with Gasteiger partial charge in [0.05, 0.1) is 4.92 Å². The molecule has 0 spiro atoms. The zero-order chi connectivity index (χ0) is 22.1. The summed E-state index contributed by atoms with van der Waals surface area (Å²) in [7, 11) is 0. The number of nitrogens with one attached hydrogen (secondary N) is 2. The fourth-order valence-electron chi connectivity index (χ4n) is 2.50. The maximum atomic E-state index is 12.1. The van der Waals surface area contributed by atoms with E-state index in [2.05, 4.69) is 24.7 Å². The summed E-state index contributed by atoms with van der Waals surface area (Å²) in [6.07, 6.45) is -0.0392. The number of hydrogen-bond donors (Lipinski definition) is 2. The van der Waals surface area contributed by atoms with Crippen LogP contribution in [0.15, 0.2) is 48.5 Å². The molecule has 0 saturated carbocycles. The summed E-state index contributed by atoms with van der Waals surface area (Å²) < 4.78 is 10.7. The molecular formula is C21H25N3O6. The maximum absolute atomic E-state index is 12.1. The highest BCUT2D eigenvalue weighted by Crippen LogP contribution is 2.26. The Morgan fingerprint density at radius 1 is 1.07 bits per heavy atom. The van der Waals surface area contributed by atoms with E-state index in [1.165, 1.54) is 30.7 Å². The average molecular weight is 415 g/mol. The monoisotopic (exact) mass is 415 g/mol. The van der Waals surface area contributed by atoms with E-state index in [1.54, 1.807) is 18.2 Å². The Bertz CT molecular complexity index is 885. The first kappa shape index (κ1) is 22.7. The highest BCUT2D eigenvalue weighted by molar-refractivity contribution is 5.85. The first-order chi connectivity index (χ1) is 14.3. The van der Waals surface area contributed by atoms with Crippen LogP contribution < -0.4 is 20.3 Å². The molecule has 2 atom stereocenters. The van der Waals surface area contributed by atoms with E-state index in [0.29, 0.717) is 11.7 Å². The van der Waals surface area contributed by atoms with Crippen molar-refractivity contribution in [1.82, 2.24) is 10.9 Å². The lowest BCUT2D eigenvalue weighted by atomic mass is 9.99. The molecule has 0 aliphatic heterocycles. The van der Waals surface area contributed by atoms with E-state index in [4.69, 9.17) is 9.47 Å². The molecule has 9 heteroatoms. The minimum absolute atomic E-state index is 0.0411. The fourth-order valence-corrected chi connectivity index (χ4v) is 2.50. The molecule has 0 aromatic heterocycles. The Labute approximate surface area is 174 Å². The molecule has 2 rings (SSSR count). The standard InChI is InChI=1S/C21H25N3O6/c1-4-14(2)16-9-11-17(12-10-16)29-13-20(25)22-23-21(26)15(3)30-19-8-6-5-7-18(19)24(27)28/h5-12,14-15H,4,13H2,1-3H3,(H,22,25)(H,23,26). The lowest BCUT2D eigenvalue weighted by molar-refractivity contribution is -0.386. The van der Waals surface area contributed by atoms with E-state index < -0.39 is 22.8 Å². The van der Waals surface area contributed by atoms with Crippen LogP contribution in [0.3, 0.4) is 0 Å². The Morgan fingerprint density at radius 3 is 2.37 bits per heavy atom. The van der Waals surface area contributed by atoms with E-state index in [1.807, 2.05) is 12.1 Å². The van der Waals surface area contributed by atoms with Crippen molar-refractivity contribution in [2.75, 3.05) is 6.61 Å². The normalized spacial score (nSPS) is 12.4. The second kappa shape index (κ2) is 10.8. The molecule has 0 aliphatic carbocycles. The molecule has 2 aromatic carbocycles. The van der Waals surface area contributed by atoms with Crippen molar-refractivity contribution in [1.29, 1.82) is 0 Å². The highest BCUT2D eigenvalue weighted by atomic mass is 16.6. The van der Waals surface area contributed by atoms with Gasteiger partial charge in [-0.1, -0.05) is 38.1 Å². The van der Waals surface area contributed by atoms with Gasteiger partial charge in [-0.2, -0.15) is 0 Å². The van der Waals surface area contributed by atoms with Crippen LogP contribution in [-0.2, 0) is 9.59 Å². The molecule has 2 aromatic rings. The highest BCUT2D eigenvalue weighted by Gasteiger charge is 2.21. The second-order valence-electron chi connectivity index (χ2n) is 6.69. The number of carbonyl (C=O) groups excluding carboxylic acids is 2. The number of benzene rings is 2. The summed E-state index contributed by atoms with van der Waals surface area (Å²) in [5, 5.41) is 11.0. The second-order valence-corrected chi connectivity index (χ2v) is 6.69. The third kappa shape index (κ3) is 6.47. The molecule has 9 nitrogen and oxygen atoms in total. The first-order valence-corrected chi connectivity index (χ1v) is 9.53. The van der Waals surface area contributed by atoms with E-state index in [0.717, 1.165) is 6.42 Å². The molecule has 0 radical (unpaired) electrons. The Balaban J connectivity index is 1.79. The number of ether oxygens (including phenoxy) is 2. The number of carbonyl (C=O) groups is 2. The fraction of sp³-hybridized carbons (Fsp3) is 0.333. The number of hydrazine groups is 1. The predicted octanol–water partition coefficient (Wildman–Crippen LogP) is 3.10. The molecular weight excluding hydrogens is 390 g/mol. The van der Waals surface area contributed by atoms with Gasteiger partial charge in [0.25, 0.3) is 11.8 Å². The largest absolute Gasteiger partial charge is 0.484 e. The Morgan fingerprint density at radius 2 is 1.73 bits per heavy atom. The van der Waals surface area contributed by atoms with Crippen LogP contribution in [0.25, 0.3) is 0 Å². The van der Waals surface area contributed by atoms with Crippen LogP contribution in [0, 0.1) is 10.1 Å². The van der Waals surface area contributed by atoms with Gasteiger partial charge in [-0.15, -0.1) is 0 Å². The SMILES string of the molecule is CCC(C)c1ccc(OCC(=O)NNC(=O)C(C)Oc2ccccc2[N+](=O)[O-])cc1. The van der Waals surface area contributed by atoms with Crippen molar-refractivity contribution < 1.29 is 24.0 Å². The van der Waals surface area contributed by atoms with Crippen molar-refractivity contribution in [3.63, 3.8) is 0 Å². The van der Waals surface area contributed by atoms with Gasteiger partial charge < -0.3 is 9.47 Å². The summed E-state index contributed by atoms with van der Waals surface area (Å²) in [5.74, 6) is -0.289. The van der Waals surface area contributed by atoms with Crippen LogP contribution in [-0.4, -0.2) is 29.4 Å². The van der Waals surface area contributed by atoms with Gasteiger partial charge in [-0.25, -0.2) is 0 Å². The molecule has 2 unspecified atom stereocenters. The third-order valence-electron chi connectivity index (χ3n) is 4.49. The molecule has 0 saturated heterocycles. The van der Waals surface area contributed by atoms with Gasteiger partial charge in [0.2, 0.25) is 0 Å². The van der Waals surface area contributed by atoms with Gasteiger partial charge in [0, 0.05) is 6.07 Å². The number of nitro groups is 1. The summed E-state index contributed by atoms with van der Waals surface area (Å²) in [6, 6.07) is 13.2. The number of amides is 2. The lowest BCUT2D eigenvalue weighted by Crippen LogP contribution is -2.48. The predicted molar refractivity (Wildman–Crippen MR) is 110 cm³/mol. The zero-order valence-electron chi connectivity index (χ0n) is 17.1. The lowest BCUT2D eigenvalue weighted by Gasteiger charge is -2.15. The van der Waals surface area contributed by atoms with E-state index in [-0.39, 0.29) is 18.0 Å². The summed E-state index contributed by atoms with van der Waals surface area (Å²) in [5.41, 5.74) is 5.36. The molecule has 0 heterocycles. The Kier molecular flexibility index (Phi) is 8.16. The van der Waals surface area contributed by atoms with Crippen LogP contribution in [0.4, 0.5) is 5.69 Å². The quantitative estimate of drug-likeness (QED) is 0.480. The molecule has 0 bridgehead atoms. The number of nitro benzene ring substituents is 1. The summed E-state index contributed by atoms with van der Waals surface area (Å²) >= 11 is 0. The van der Waals surface area contributed by atoms with Crippen molar-refractivity contribution in [2.24, 2.45) is 0 Å². The number of nitrogens with zero attached hydrogens (tertiary/aromatic N) is 1. The first-order valence-electron chi connectivity index (χ1n) is 9.53. The van der Waals surface area contributed by atoms with Crippen molar-refractivity contribution >= 4 is 17.5 Å². The van der Waals surface area contributed by atoms with Gasteiger partial charge in [-0.3, -0.25) is 30.6 Å². The zero-order valence-corrected chi connectivity index (χ0v) is 17.1. The topological polar surface area (TPSA) is 120 Å². The molecule has 30 heavy (non-hydrogen) atoms. The van der Waals surface area contributed by atoms with Gasteiger partial charge in [-0.05, 0) is 43.0 Å².